The van der Waals surface area contributed by atoms with Crippen LogP contribution in [0.3, 0.4) is 0 Å². The number of rotatable bonds is 4. The molecule has 124 valence electrons. The van der Waals surface area contributed by atoms with Crippen LogP contribution in [0.1, 0.15) is 35.4 Å². The number of nitrogen functional groups attached to an aromatic ring is 1. The lowest BCUT2D eigenvalue weighted by atomic mass is 9.92. The third-order valence-electron chi connectivity index (χ3n) is 4.50. The summed E-state index contributed by atoms with van der Waals surface area (Å²) in [6.07, 6.45) is 4.27. The lowest BCUT2D eigenvalue weighted by Crippen LogP contribution is -2.28. The second-order valence-electron chi connectivity index (χ2n) is 6.23. The number of aliphatic imine (C=N–C) groups is 1. The van der Waals surface area contributed by atoms with E-state index >= 15 is 0 Å². The zero-order valence-electron chi connectivity index (χ0n) is 13.8. The summed E-state index contributed by atoms with van der Waals surface area (Å²) in [6, 6.07) is 14.2. The van der Waals surface area contributed by atoms with Crippen molar-refractivity contribution in [2.24, 2.45) is 10.7 Å². The fourth-order valence-electron chi connectivity index (χ4n) is 3.09. The van der Waals surface area contributed by atoms with Gasteiger partial charge in [-0.1, -0.05) is 36.9 Å². The minimum atomic E-state index is 0.466. The largest absolute Gasteiger partial charge is 0.399 e. The van der Waals surface area contributed by atoms with Crippen molar-refractivity contribution in [3.63, 3.8) is 0 Å². The van der Waals surface area contributed by atoms with Gasteiger partial charge in [-0.25, -0.2) is 0 Å². The molecule has 0 unspecified atom stereocenters. The first-order valence-electron chi connectivity index (χ1n) is 8.33. The van der Waals surface area contributed by atoms with E-state index in [0.717, 1.165) is 29.9 Å². The number of hydrogen-bond donors (Lipinski definition) is 3. The number of nitrogens with zero attached hydrogens (tertiary/aromatic N) is 1. The average Bonchev–Trinajstić information content (AvgIpc) is 2.62. The zero-order valence-corrected chi connectivity index (χ0v) is 13.8. The summed E-state index contributed by atoms with van der Waals surface area (Å²) in [4.78, 5) is 4.53. The van der Waals surface area contributed by atoms with Gasteiger partial charge >= 0.3 is 0 Å². The Kier molecular flexibility index (Phi) is 4.96. The van der Waals surface area contributed by atoms with Crippen LogP contribution in [0.25, 0.3) is 5.70 Å². The predicted molar refractivity (Wildman–Crippen MR) is 103 cm³/mol. The normalized spacial score (nSPS) is 17.9. The molecule has 1 saturated heterocycles. The summed E-state index contributed by atoms with van der Waals surface area (Å²) >= 11 is 0. The van der Waals surface area contributed by atoms with Crippen molar-refractivity contribution < 1.29 is 0 Å². The lowest BCUT2D eigenvalue weighted by molar-refractivity contribution is 0.461. The Hall–Kier alpha value is -2.59. The molecule has 0 saturated carbocycles. The number of anilines is 1. The number of nitrogens with one attached hydrogen (secondary N) is 1. The van der Waals surface area contributed by atoms with E-state index in [-0.39, 0.29) is 0 Å². The summed E-state index contributed by atoms with van der Waals surface area (Å²) in [5, 5.41) is 3.45. The van der Waals surface area contributed by atoms with Gasteiger partial charge in [-0.05, 0) is 43.0 Å². The molecule has 5 N–H and O–H groups in total. The summed E-state index contributed by atoms with van der Waals surface area (Å²) in [5.41, 5.74) is 16.9. The number of nitrogens with two attached hydrogens (primary N) is 2. The molecule has 0 spiro atoms. The molecular weight excluding hydrogens is 296 g/mol. The second-order valence-corrected chi connectivity index (χ2v) is 6.23. The maximum Gasteiger partial charge on any atom is 0.0630 e. The molecule has 1 aliphatic heterocycles. The van der Waals surface area contributed by atoms with Crippen LogP contribution in [0, 0.1) is 0 Å². The first kappa shape index (κ1) is 16.3. The minimum Gasteiger partial charge on any atom is -0.399 e. The fourth-order valence-corrected chi connectivity index (χ4v) is 3.09. The van der Waals surface area contributed by atoms with Crippen LogP contribution in [-0.2, 0) is 0 Å². The van der Waals surface area contributed by atoms with Crippen LogP contribution < -0.4 is 16.8 Å². The molecule has 0 aliphatic carbocycles. The van der Waals surface area contributed by atoms with Gasteiger partial charge in [0.15, 0.2) is 0 Å². The van der Waals surface area contributed by atoms with Crippen molar-refractivity contribution in [2.45, 2.75) is 18.8 Å². The van der Waals surface area contributed by atoms with E-state index in [1.54, 1.807) is 6.21 Å². The monoisotopic (exact) mass is 320 g/mol. The van der Waals surface area contributed by atoms with Crippen LogP contribution in [0.15, 0.2) is 54.0 Å². The molecule has 3 rings (SSSR count). The highest BCUT2D eigenvalue weighted by atomic mass is 14.9. The molecule has 4 heteroatoms. The zero-order chi connectivity index (χ0) is 16.9. The van der Waals surface area contributed by atoms with Gasteiger partial charge < -0.3 is 16.8 Å². The predicted octanol–water partition coefficient (Wildman–Crippen LogP) is 3.42. The quantitative estimate of drug-likeness (QED) is 0.597. The maximum absolute atomic E-state index is 6.13. The molecule has 1 fully saturated rings. The minimum absolute atomic E-state index is 0.466. The lowest BCUT2D eigenvalue weighted by Gasteiger charge is -2.23. The maximum atomic E-state index is 6.13. The summed E-state index contributed by atoms with van der Waals surface area (Å²) in [7, 11) is 0. The molecule has 0 radical (unpaired) electrons. The number of para-hydroxylation sites is 1. The van der Waals surface area contributed by atoms with E-state index in [0.29, 0.717) is 17.3 Å². The molecule has 0 aromatic heterocycles. The van der Waals surface area contributed by atoms with Crippen LogP contribution in [0.4, 0.5) is 11.4 Å². The second kappa shape index (κ2) is 7.32. The molecule has 4 nitrogen and oxygen atoms in total. The van der Waals surface area contributed by atoms with Gasteiger partial charge in [-0.3, -0.25) is 4.99 Å². The Labute approximate surface area is 143 Å². The van der Waals surface area contributed by atoms with Crippen LogP contribution in [0.2, 0.25) is 0 Å². The average molecular weight is 320 g/mol. The molecule has 0 bridgehead atoms. The van der Waals surface area contributed by atoms with Crippen LogP contribution >= 0.6 is 0 Å². The highest BCUT2D eigenvalue weighted by Crippen LogP contribution is 2.25. The molecule has 2 aromatic rings. The van der Waals surface area contributed by atoms with Crippen molar-refractivity contribution in [2.75, 3.05) is 18.8 Å². The first-order valence-corrected chi connectivity index (χ1v) is 8.33. The number of piperidine rings is 1. The summed E-state index contributed by atoms with van der Waals surface area (Å²) in [5.74, 6) is 0.611. The van der Waals surface area contributed by atoms with Crippen molar-refractivity contribution in [3.8, 4) is 0 Å². The van der Waals surface area contributed by atoms with Crippen molar-refractivity contribution in [1.29, 1.82) is 0 Å². The Morgan fingerprint density at radius 2 is 2.00 bits per heavy atom. The van der Waals surface area contributed by atoms with Gasteiger partial charge in [0.1, 0.15) is 0 Å². The van der Waals surface area contributed by atoms with Crippen molar-refractivity contribution in [3.05, 3.63) is 65.7 Å². The van der Waals surface area contributed by atoms with Crippen molar-refractivity contribution in [1.82, 2.24) is 5.32 Å². The standard InChI is InChI=1S/C20H24N4/c1-14(21)19-6-2-4-17(20(19)22)13-24-18-9-7-15(8-10-18)16-5-3-11-23-12-16/h2,4,6-10,13,16,23H,1,3,5,11-12,21-22H2/t16-/m1/s1. The van der Waals surface area contributed by atoms with Gasteiger partial charge in [0, 0.05) is 35.3 Å². The smallest absolute Gasteiger partial charge is 0.0630 e. The van der Waals surface area contributed by atoms with Crippen molar-refractivity contribution >= 4 is 23.3 Å². The molecule has 0 amide bonds. The first-order chi connectivity index (χ1) is 11.6. The van der Waals surface area contributed by atoms with E-state index in [1.807, 2.05) is 18.2 Å². The van der Waals surface area contributed by atoms with E-state index in [4.69, 9.17) is 11.5 Å². The molecular formula is C20H24N4. The topological polar surface area (TPSA) is 76.4 Å². The molecule has 1 heterocycles. The Balaban J connectivity index is 1.75. The van der Waals surface area contributed by atoms with E-state index in [9.17, 15) is 0 Å². The van der Waals surface area contributed by atoms with Gasteiger partial charge in [-0.2, -0.15) is 0 Å². The Morgan fingerprint density at radius 1 is 1.21 bits per heavy atom. The van der Waals surface area contributed by atoms with E-state index in [2.05, 4.69) is 41.2 Å². The number of benzene rings is 2. The van der Waals surface area contributed by atoms with E-state index in [1.165, 1.54) is 18.4 Å². The highest BCUT2D eigenvalue weighted by molar-refractivity contribution is 5.92. The fraction of sp³-hybridized carbons (Fsp3) is 0.250. The summed E-state index contributed by atoms with van der Waals surface area (Å²) < 4.78 is 0. The Morgan fingerprint density at radius 3 is 2.67 bits per heavy atom. The molecule has 1 atom stereocenters. The highest BCUT2D eigenvalue weighted by Gasteiger charge is 2.14. The molecule has 2 aromatic carbocycles. The van der Waals surface area contributed by atoms with Gasteiger partial charge in [0.25, 0.3) is 0 Å². The van der Waals surface area contributed by atoms with Gasteiger partial charge in [-0.15, -0.1) is 0 Å². The van der Waals surface area contributed by atoms with Crippen LogP contribution in [-0.4, -0.2) is 19.3 Å². The van der Waals surface area contributed by atoms with Crippen LogP contribution in [0.5, 0.6) is 0 Å². The SMILES string of the molecule is C=C(N)c1cccc(C=Nc2ccc([C@@H]3CCCNC3)cc2)c1N. The molecule has 24 heavy (non-hydrogen) atoms. The molecule has 1 aliphatic rings. The summed E-state index contributed by atoms with van der Waals surface area (Å²) in [6.45, 7) is 5.95. The number of hydrogen-bond acceptors (Lipinski definition) is 4. The van der Waals surface area contributed by atoms with Gasteiger partial charge in [0.2, 0.25) is 0 Å². The third kappa shape index (κ3) is 3.66. The third-order valence-corrected chi connectivity index (χ3v) is 4.50. The van der Waals surface area contributed by atoms with Gasteiger partial charge in [0.05, 0.1) is 5.69 Å². The van der Waals surface area contributed by atoms with E-state index < -0.39 is 0 Å². The Bertz CT molecular complexity index is 741.